The molecular weight excluding hydrogens is 311 g/mol. The van der Waals surface area contributed by atoms with Gasteiger partial charge in [-0.05, 0) is 30.2 Å². The molecule has 1 heterocycles. The van der Waals surface area contributed by atoms with Crippen molar-refractivity contribution < 1.29 is 9.90 Å². The minimum Gasteiger partial charge on any atom is -0.481 e. The average Bonchev–Trinajstić information content (AvgIpc) is 2.87. The summed E-state index contributed by atoms with van der Waals surface area (Å²) in [6, 6.07) is 6.10. The fourth-order valence-electron chi connectivity index (χ4n) is 2.39. The van der Waals surface area contributed by atoms with Crippen LogP contribution in [0.3, 0.4) is 0 Å². The van der Waals surface area contributed by atoms with Crippen molar-refractivity contribution in [2.75, 3.05) is 29.7 Å². The highest BCUT2D eigenvalue weighted by Crippen LogP contribution is 2.25. The summed E-state index contributed by atoms with van der Waals surface area (Å²) in [5, 5.41) is 9.88. The van der Waals surface area contributed by atoms with E-state index < -0.39 is 5.97 Å². The molecule has 0 radical (unpaired) electrons. The number of nitrogens with one attached hydrogen (secondary N) is 1. The first-order chi connectivity index (χ1) is 10.2. The molecule has 2 rings (SSSR count). The molecule has 0 saturated carbocycles. The first-order valence-electron chi connectivity index (χ1n) is 6.84. The Balaban J connectivity index is 2.29. The third-order valence-corrected chi connectivity index (χ3v) is 3.77. The summed E-state index contributed by atoms with van der Waals surface area (Å²) in [5.74, 6) is 0.286. The number of fused-ring (bicyclic) bond motifs is 1. The van der Waals surface area contributed by atoms with E-state index in [9.17, 15) is 4.79 Å². The molecule has 21 heavy (non-hydrogen) atoms. The molecule has 2 N–H and O–H groups in total. The Morgan fingerprint density at radius 3 is 2.57 bits per heavy atom. The highest BCUT2D eigenvalue weighted by molar-refractivity contribution is 6.18. The molecule has 0 fully saturated rings. The van der Waals surface area contributed by atoms with Crippen molar-refractivity contribution in [2.45, 2.75) is 12.8 Å². The van der Waals surface area contributed by atoms with Gasteiger partial charge in [-0.2, -0.15) is 0 Å². The van der Waals surface area contributed by atoms with Gasteiger partial charge in [0.15, 0.2) is 0 Å². The van der Waals surface area contributed by atoms with E-state index in [0.717, 1.165) is 35.2 Å². The number of H-pyrrole nitrogens is 1. The molecular formula is C15H18Cl2N2O2. The van der Waals surface area contributed by atoms with Crippen molar-refractivity contribution in [3.8, 4) is 0 Å². The minimum atomic E-state index is -0.786. The van der Waals surface area contributed by atoms with Crippen molar-refractivity contribution in [1.29, 1.82) is 0 Å². The number of hydrogen-bond acceptors (Lipinski definition) is 2. The van der Waals surface area contributed by atoms with Gasteiger partial charge in [0.1, 0.15) is 0 Å². The van der Waals surface area contributed by atoms with Crippen LogP contribution in [-0.4, -0.2) is 40.9 Å². The molecule has 2 aromatic rings. The van der Waals surface area contributed by atoms with E-state index in [0.29, 0.717) is 18.2 Å². The van der Waals surface area contributed by atoms with Gasteiger partial charge in [0, 0.05) is 54.1 Å². The minimum absolute atomic E-state index is 0.129. The van der Waals surface area contributed by atoms with Gasteiger partial charge in [-0.25, -0.2) is 0 Å². The van der Waals surface area contributed by atoms with Crippen LogP contribution in [0.5, 0.6) is 0 Å². The van der Waals surface area contributed by atoms with Crippen molar-refractivity contribution in [1.82, 2.24) is 4.98 Å². The van der Waals surface area contributed by atoms with Crippen LogP contribution in [0.25, 0.3) is 10.9 Å². The van der Waals surface area contributed by atoms with Gasteiger partial charge in [0.25, 0.3) is 0 Å². The van der Waals surface area contributed by atoms with E-state index in [2.05, 4.69) is 16.0 Å². The lowest BCUT2D eigenvalue weighted by atomic mass is 10.1. The van der Waals surface area contributed by atoms with Gasteiger partial charge in [0.2, 0.25) is 0 Å². The second-order valence-electron chi connectivity index (χ2n) is 4.80. The zero-order chi connectivity index (χ0) is 15.2. The fourth-order valence-corrected chi connectivity index (χ4v) is 2.79. The number of hydrogen-bond donors (Lipinski definition) is 2. The lowest BCUT2D eigenvalue weighted by Crippen LogP contribution is -2.27. The molecule has 0 aliphatic carbocycles. The first kappa shape index (κ1) is 16.0. The van der Waals surface area contributed by atoms with E-state index in [4.69, 9.17) is 28.3 Å². The third kappa shape index (κ3) is 4.05. The number of carboxylic acid groups (broad SMARTS) is 1. The van der Waals surface area contributed by atoms with Crippen molar-refractivity contribution in [3.63, 3.8) is 0 Å². The highest BCUT2D eigenvalue weighted by atomic mass is 35.5. The maximum absolute atomic E-state index is 10.7. The van der Waals surface area contributed by atoms with E-state index in [1.54, 1.807) is 0 Å². The number of aromatic amines is 1. The summed E-state index contributed by atoms with van der Waals surface area (Å²) in [7, 11) is 0. The number of aliphatic carboxylic acids is 1. The molecule has 0 bridgehead atoms. The number of anilines is 1. The predicted molar refractivity (Wildman–Crippen MR) is 87.9 cm³/mol. The number of nitrogens with zero attached hydrogens (tertiary/aromatic N) is 1. The quantitative estimate of drug-likeness (QED) is 0.729. The largest absolute Gasteiger partial charge is 0.481 e. The number of carbonyl (C=O) groups is 1. The van der Waals surface area contributed by atoms with Crippen LogP contribution in [0.1, 0.15) is 12.0 Å². The molecule has 0 spiro atoms. The normalized spacial score (nSPS) is 11.0. The van der Waals surface area contributed by atoms with Crippen LogP contribution in [0.2, 0.25) is 0 Å². The van der Waals surface area contributed by atoms with Gasteiger partial charge in [-0.15, -0.1) is 23.2 Å². The second-order valence-corrected chi connectivity index (χ2v) is 5.56. The standard InChI is InChI=1S/C15H18Cl2N2O2/c16-5-7-19(8-6-17)12-2-3-14-13(9-12)11(10-18-14)1-4-15(20)21/h2-3,9-10,18H,1,4-8H2,(H,20,21). The summed E-state index contributed by atoms with van der Waals surface area (Å²) in [6.45, 7) is 1.46. The topological polar surface area (TPSA) is 56.3 Å². The molecule has 4 nitrogen and oxygen atoms in total. The molecule has 0 unspecified atom stereocenters. The van der Waals surface area contributed by atoms with Gasteiger partial charge >= 0.3 is 5.97 Å². The monoisotopic (exact) mass is 328 g/mol. The molecule has 114 valence electrons. The summed E-state index contributed by atoms with van der Waals surface area (Å²) < 4.78 is 0. The Morgan fingerprint density at radius 2 is 1.95 bits per heavy atom. The molecule has 0 amide bonds. The van der Waals surface area contributed by atoms with Crippen molar-refractivity contribution in [2.24, 2.45) is 0 Å². The smallest absolute Gasteiger partial charge is 0.303 e. The predicted octanol–water partition coefficient (Wildman–Crippen LogP) is 3.47. The summed E-state index contributed by atoms with van der Waals surface area (Å²) in [5.41, 5.74) is 3.08. The van der Waals surface area contributed by atoms with Crippen LogP contribution in [0.4, 0.5) is 5.69 Å². The number of halogens is 2. The maximum atomic E-state index is 10.7. The zero-order valence-corrected chi connectivity index (χ0v) is 13.1. The first-order valence-corrected chi connectivity index (χ1v) is 7.91. The average molecular weight is 329 g/mol. The SMILES string of the molecule is O=C(O)CCc1c[nH]c2ccc(N(CCCl)CCCl)cc12. The van der Waals surface area contributed by atoms with Crippen molar-refractivity contribution in [3.05, 3.63) is 30.0 Å². The lowest BCUT2D eigenvalue weighted by molar-refractivity contribution is -0.136. The highest BCUT2D eigenvalue weighted by Gasteiger charge is 2.10. The van der Waals surface area contributed by atoms with E-state index in [1.165, 1.54) is 0 Å². The van der Waals surface area contributed by atoms with Gasteiger partial charge < -0.3 is 15.0 Å². The fraction of sp³-hybridized carbons (Fsp3) is 0.400. The zero-order valence-electron chi connectivity index (χ0n) is 11.6. The molecule has 1 aromatic carbocycles. The molecule has 6 heteroatoms. The molecule has 0 aliphatic heterocycles. The molecule has 1 aromatic heterocycles. The number of alkyl halides is 2. The van der Waals surface area contributed by atoms with Crippen LogP contribution >= 0.6 is 23.2 Å². The number of aromatic nitrogens is 1. The number of aryl methyl sites for hydroxylation is 1. The lowest BCUT2D eigenvalue weighted by Gasteiger charge is -2.23. The number of benzene rings is 1. The van der Waals surface area contributed by atoms with Crippen LogP contribution < -0.4 is 4.90 Å². The maximum Gasteiger partial charge on any atom is 0.303 e. The van der Waals surface area contributed by atoms with Crippen LogP contribution in [-0.2, 0) is 11.2 Å². The number of carboxylic acids is 1. The van der Waals surface area contributed by atoms with Crippen molar-refractivity contribution >= 4 is 45.8 Å². The van der Waals surface area contributed by atoms with Gasteiger partial charge in [-0.3, -0.25) is 4.79 Å². The Kier molecular flexibility index (Phi) is 5.76. The third-order valence-electron chi connectivity index (χ3n) is 3.43. The Hall–Kier alpha value is -1.39. The Bertz CT molecular complexity index is 607. The van der Waals surface area contributed by atoms with Crippen LogP contribution in [0, 0.1) is 0 Å². The van der Waals surface area contributed by atoms with Gasteiger partial charge in [0.05, 0.1) is 0 Å². The Labute approximate surface area is 133 Å². The molecule has 0 atom stereocenters. The summed E-state index contributed by atoms with van der Waals surface area (Å²) in [4.78, 5) is 16.0. The van der Waals surface area contributed by atoms with Gasteiger partial charge in [-0.1, -0.05) is 0 Å². The van der Waals surface area contributed by atoms with E-state index in [-0.39, 0.29) is 6.42 Å². The number of rotatable bonds is 8. The van der Waals surface area contributed by atoms with E-state index in [1.807, 2.05) is 18.3 Å². The molecule has 0 saturated heterocycles. The summed E-state index contributed by atoms with van der Waals surface area (Å²) in [6.07, 6.45) is 2.53. The summed E-state index contributed by atoms with van der Waals surface area (Å²) >= 11 is 11.7. The second kappa shape index (κ2) is 7.57. The Morgan fingerprint density at radius 1 is 1.24 bits per heavy atom. The van der Waals surface area contributed by atoms with E-state index >= 15 is 0 Å². The van der Waals surface area contributed by atoms with Crippen LogP contribution in [0.15, 0.2) is 24.4 Å². The molecule has 0 aliphatic rings.